The number of aryl methyl sites for hydroxylation is 1. The first-order valence-corrected chi connectivity index (χ1v) is 15.6. The molecule has 1 aliphatic rings. The van der Waals surface area contributed by atoms with Gasteiger partial charge in [-0.2, -0.15) is 9.61 Å². The molecule has 0 bridgehead atoms. The van der Waals surface area contributed by atoms with Crippen LogP contribution in [0.5, 0.6) is 5.75 Å². The number of hydrogen-bond donors (Lipinski definition) is 2. The van der Waals surface area contributed by atoms with Gasteiger partial charge in [0.25, 0.3) is 5.91 Å². The molecule has 0 aliphatic carbocycles. The van der Waals surface area contributed by atoms with Crippen molar-refractivity contribution in [2.24, 2.45) is 11.7 Å². The van der Waals surface area contributed by atoms with Gasteiger partial charge in [-0.05, 0) is 62.2 Å². The van der Waals surface area contributed by atoms with E-state index in [2.05, 4.69) is 57.4 Å². The number of rotatable bonds is 8. The average Bonchev–Trinajstić information content (AvgIpc) is 3.48. The number of phenols is 1. The van der Waals surface area contributed by atoms with E-state index in [0.29, 0.717) is 31.5 Å². The molecule has 3 aromatic carbocycles. The summed E-state index contributed by atoms with van der Waals surface area (Å²) in [6.45, 7) is 4.12. The molecule has 6 aromatic rings. The van der Waals surface area contributed by atoms with Crippen molar-refractivity contribution in [3.63, 3.8) is 0 Å². The van der Waals surface area contributed by atoms with E-state index in [9.17, 15) is 14.7 Å². The highest BCUT2D eigenvalue weighted by molar-refractivity contribution is 5.90. The Labute approximate surface area is 271 Å². The van der Waals surface area contributed by atoms with Crippen LogP contribution in [0.2, 0.25) is 0 Å². The van der Waals surface area contributed by atoms with E-state index >= 15 is 0 Å². The lowest BCUT2D eigenvalue weighted by atomic mass is 9.95. The second-order valence-corrected chi connectivity index (χ2v) is 12.0. The molecule has 47 heavy (non-hydrogen) atoms. The van der Waals surface area contributed by atoms with Crippen LogP contribution in [0.3, 0.4) is 0 Å². The molecule has 0 saturated carbocycles. The van der Waals surface area contributed by atoms with E-state index in [4.69, 9.17) is 15.5 Å². The minimum atomic E-state index is -1.24. The van der Waals surface area contributed by atoms with Gasteiger partial charge in [-0.15, -0.1) is 0 Å². The molecular formula is C37H34N6O4. The Hall–Kier alpha value is -5.61. The largest absolute Gasteiger partial charge is 0.508 e. The maximum absolute atomic E-state index is 13.0. The van der Waals surface area contributed by atoms with Crippen LogP contribution in [0.25, 0.3) is 39.1 Å². The quantitative estimate of drug-likeness (QED) is 0.208. The molecule has 7 rings (SSSR count). The van der Waals surface area contributed by atoms with Crippen LogP contribution in [0.15, 0.2) is 97.2 Å². The van der Waals surface area contributed by atoms with Crippen LogP contribution in [-0.4, -0.2) is 54.6 Å². The summed E-state index contributed by atoms with van der Waals surface area (Å²) in [6, 6.07) is 28.8. The third-order valence-electron chi connectivity index (χ3n) is 8.68. The number of nitrogens with two attached hydrogens (primary N) is 1. The van der Waals surface area contributed by atoms with Crippen LogP contribution in [0.1, 0.15) is 35.8 Å². The van der Waals surface area contributed by atoms with Gasteiger partial charge in [-0.3, -0.25) is 14.5 Å². The van der Waals surface area contributed by atoms with E-state index < -0.39 is 18.0 Å². The highest BCUT2D eigenvalue weighted by atomic mass is 16.5. The van der Waals surface area contributed by atoms with Gasteiger partial charge in [0.2, 0.25) is 6.10 Å². The number of fused-ring (bicyclic) bond motifs is 3. The predicted octanol–water partition coefficient (Wildman–Crippen LogP) is 5.61. The number of phenolic OH excluding ortho intramolecular Hbond substituents is 1. The summed E-state index contributed by atoms with van der Waals surface area (Å²) in [5.74, 6) is -1.58. The zero-order valence-electron chi connectivity index (χ0n) is 25.9. The number of likely N-dealkylation sites (tertiary alicyclic amines) is 1. The van der Waals surface area contributed by atoms with Crippen molar-refractivity contribution in [1.29, 1.82) is 0 Å². The lowest BCUT2D eigenvalue weighted by molar-refractivity contribution is -0.161. The van der Waals surface area contributed by atoms with Crippen molar-refractivity contribution in [2.75, 3.05) is 13.1 Å². The number of aromatic hydroxyl groups is 1. The van der Waals surface area contributed by atoms with Gasteiger partial charge < -0.3 is 15.6 Å². The fourth-order valence-electron chi connectivity index (χ4n) is 6.25. The van der Waals surface area contributed by atoms with Crippen LogP contribution in [0, 0.1) is 12.8 Å². The van der Waals surface area contributed by atoms with Crippen LogP contribution in [-0.2, 0) is 20.9 Å². The van der Waals surface area contributed by atoms with E-state index in [0.717, 1.165) is 56.9 Å². The van der Waals surface area contributed by atoms with E-state index in [-0.39, 0.29) is 11.7 Å². The lowest BCUT2D eigenvalue weighted by Gasteiger charge is -2.31. The lowest BCUT2D eigenvalue weighted by Crippen LogP contribution is -2.37. The fraction of sp³-hybridized carbons (Fsp3) is 0.216. The van der Waals surface area contributed by atoms with Gasteiger partial charge in [-0.25, -0.2) is 9.97 Å². The average molecular weight is 627 g/mol. The summed E-state index contributed by atoms with van der Waals surface area (Å²) in [4.78, 5) is 37.1. The smallest absolute Gasteiger partial charge is 0.310 e. The summed E-state index contributed by atoms with van der Waals surface area (Å²) < 4.78 is 7.34. The van der Waals surface area contributed by atoms with Crippen molar-refractivity contribution in [3.05, 3.63) is 114 Å². The number of carbonyl (C=O) groups is 2. The molecule has 0 spiro atoms. The third-order valence-corrected chi connectivity index (χ3v) is 8.68. The molecule has 4 heterocycles. The predicted molar refractivity (Wildman–Crippen MR) is 178 cm³/mol. The number of pyridine rings is 1. The number of amides is 1. The van der Waals surface area contributed by atoms with E-state index in [1.807, 2.05) is 37.4 Å². The minimum Gasteiger partial charge on any atom is -0.508 e. The van der Waals surface area contributed by atoms with E-state index in [1.165, 1.54) is 12.1 Å². The summed E-state index contributed by atoms with van der Waals surface area (Å²) in [7, 11) is 0. The minimum absolute atomic E-state index is 0.0282. The van der Waals surface area contributed by atoms with Gasteiger partial charge in [0.05, 0.1) is 17.3 Å². The topological polar surface area (TPSA) is 136 Å². The van der Waals surface area contributed by atoms with E-state index in [1.54, 1.807) is 16.6 Å². The molecule has 1 atom stereocenters. The number of esters is 1. The van der Waals surface area contributed by atoms with Crippen molar-refractivity contribution < 1.29 is 19.4 Å². The Morgan fingerprint density at radius 2 is 1.72 bits per heavy atom. The zero-order valence-corrected chi connectivity index (χ0v) is 25.9. The number of hydrogen-bond acceptors (Lipinski definition) is 8. The first kappa shape index (κ1) is 30.1. The molecule has 236 valence electrons. The maximum atomic E-state index is 13.0. The van der Waals surface area contributed by atoms with Crippen LogP contribution >= 0.6 is 0 Å². The number of nitrogens with zero attached hydrogens (tertiary/aromatic N) is 5. The molecule has 10 heteroatoms. The number of piperidine rings is 1. The molecule has 1 aliphatic heterocycles. The van der Waals surface area contributed by atoms with Crippen molar-refractivity contribution in [3.8, 4) is 28.1 Å². The van der Waals surface area contributed by atoms with Crippen LogP contribution < -0.4 is 5.73 Å². The Bertz CT molecular complexity index is 2090. The molecule has 3 aromatic heterocycles. The number of carbonyl (C=O) groups excluding carboxylic acids is 2. The summed E-state index contributed by atoms with van der Waals surface area (Å²) >= 11 is 0. The Morgan fingerprint density at radius 1 is 0.957 bits per heavy atom. The van der Waals surface area contributed by atoms with Gasteiger partial charge >= 0.3 is 5.97 Å². The maximum Gasteiger partial charge on any atom is 0.310 e. The normalized spacial score (nSPS) is 14.7. The standard InChI is InChI=1S/C37H34N6O4/c1-23-18-32-39-21-29-20-31(25-6-3-2-4-7-25)33(40-36(29)43(32)41-23)26-12-10-24(11-13-26)22-42-16-14-27(15-17-42)37(46)47-34(35(38)45)28-8-5-9-30(44)19-28/h2-13,18-21,27,34,44H,14-17,22H2,1H3,(H2,38,45). The SMILES string of the molecule is Cc1cc2ncc3cc(-c4ccccc4)c(-c4ccc(CN5CCC(C(=O)OC(C(N)=O)c6cccc(O)c6)CC5)cc4)nc3n2n1. The first-order valence-electron chi connectivity index (χ1n) is 15.6. The molecular weight excluding hydrogens is 592 g/mol. The van der Waals surface area contributed by atoms with Gasteiger partial charge in [0.15, 0.2) is 11.3 Å². The molecule has 10 nitrogen and oxygen atoms in total. The fourth-order valence-corrected chi connectivity index (χ4v) is 6.25. The van der Waals surface area contributed by atoms with Gasteiger partial charge in [-0.1, -0.05) is 66.7 Å². The molecule has 1 amide bonds. The molecule has 3 N–H and O–H groups in total. The Kier molecular flexibility index (Phi) is 8.09. The van der Waals surface area contributed by atoms with Crippen molar-refractivity contribution >= 4 is 28.6 Å². The van der Waals surface area contributed by atoms with Crippen LogP contribution in [0.4, 0.5) is 0 Å². The second kappa shape index (κ2) is 12.6. The molecule has 1 unspecified atom stereocenters. The molecule has 1 saturated heterocycles. The summed E-state index contributed by atoms with van der Waals surface area (Å²) in [6.07, 6.45) is 1.84. The monoisotopic (exact) mass is 626 g/mol. The zero-order chi connectivity index (χ0) is 32.5. The number of aromatic nitrogens is 4. The Balaban J connectivity index is 1.06. The summed E-state index contributed by atoms with van der Waals surface area (Å²) in [5.41, 5.74) is 13.4. The van der Waals surface area contributed by atoms with Crippen molar-refractivity contribution in [2.45, 2.75) is 32.4 Å². The number of primary amides is 1. The number of benzene rings is 3. The second-order valence-electron chi connectivity index (χ2n) is 12.0. The first-order chi connectivity index (χ1) is 22.8. The highest BCUT2D eigenvalue weighted by Crippen LogP contribution is 2.34. The summed E-state index contributed by atoms with van der Waals surface area (Å²) in [5, 5.41) is 15.3. The molecule has 1 fully saturated rings. The molecule has 0 radical (unpaired) electrons. The van der Waals surface area contributed by atoms with Gasteiger partial charge in [0.1, 0.15) is 5.75 Å². The highest BCUT2D eigenvalue weighted by Gasteiger charge is 2.31. The van der Waals surface area contributed by atoms with Gasteiger partial charge in [0, 0.05) is 40.9 Å². The Morgan fingerprint density at radius 3 is 2.45 bits per heavy atom. The number of ether oxygens (including phenoxy) is 1. The third kappa shape index (κ3) is 6.28. The van der Waals surface area contributed by atoms with Crippen molar-refractivity contribution in [1.82, 2.24) is 24.5 Å².